The van der Waals surface area contributed by atoms with E-state index in [0.29, 0.717) is 9.89 Å². The lowest BCUT2D eigenvalue weighted by Gasteiger charge is -2.40. The second kappa shape index (κ2) is 4.95. The van der Waals surface area contributed by atoms with Crippen LogP contribution in [0.25, 0.3) is 0 Å². The van der Waals surface area contributed by atoms with Crippen LogP contribution in [0.3, 0.4) is 0 Å². The molecule has 1 aromatic rings. The lowest BCUT2D eigenvalue weighted by molar-refractivity contribution is 0.0476. The van der Waals surface area contributed by atoms with Gasteiger partial charge in [0, 0.05) is 18.1 Å². The van der Waals surface area contributed by atoms with Crippen molar-refractivity contribution in [3.8, 4) is 5.75 Å². The van der Waals surface area contributed by atoms with Crippen LogP contribution in [0.15, 0.2) is 16.6 Å². The Bertz CT molecular complexity index is 663. The number of ether oxygens (including phenoxy) is 2. The fourth-order valence-electron chi connectivity index (χ4n) is 6.60. The van der Waals surface area contributed by atoms with Crippen molar-refractivity contribution in [3.63, 3.8) is 0 Å². The summed E-state index contributed by atoms with van der Waals surface area (Å²) in [6.45, 7) is 5.02. The molecule has 0 spiro atoms. The van der Waals surface area contributed by atoms with Gasteiger partial charge in [-0.1, -0.05) is 13.8 Å². The van der Waals surface area contributed by atoms with Crippen molar-refractivity contribution in [2.75, 3.05) is 13.9 Å². The molecule has 2 nitrogen and oxygen atoms in total. The quantitative estimate of drug-likeness (QED) is 0.646. The molecule has 4 aliphatic rings. The van der Waals surface area contributed by atoms with Gasteiger partial charge in [0.15, 0.2) is 6.79 Å². The summed E-state index contributed by atoms with van der Waals surface area (Å²) < 4.78 is 25.9. The molecule has 4 fully saturated rings. The third kappa shape index (κ3) is 2.13. The summed E-state index contributed by atoms with van der Waals surface area (Å²) >= 11 is 3.51. The highest BCUT2D eigenvalue weighted by Gasteiger charge is 2.69. The molecular weight excluding hydrogens is 359 g/mol. The number of hydrogen-bond acceptors (Lipinski definition) is 2. The minimum absolute atomic E-state index is 0.0400. The van der Waals surface area contributed by atoms with Crippen molar-refractivity contribution in [2.45, 2.75) is 51.4 Å². The molecule has 0 saturated heterocycles. The smallest absolute Gasteiger partial charge is 0.188 e. The number of benzene rings is 1. The number of halogens is 2. The molecule has 4 unspecified atom stereocenters. The molecule has 4 atom stereocenters. The highest BCUT2D eigenvalue weighted by Crippen LogP contribution is 2.77. The van der Waals surface area contributed by atoms with Crippen LogP contribution < -0.4 is 4.74 Å². The second-order valence-electron chi connectivity index (χ2n) is 8.60. The monoisotopic (exact) mass is 382 g/mol. The van der Waals surface area contributed by atoms with Gasteiger partial charge in [-0.15, -0.1) is 0 Å². The molecule has 4 heteroatoms. The van der Waals surface area contributed by atoms with Crippen molar-refractivity contribution >= 4 is 15.9 Å². The van der Waals surface area contributed by atoms with Gasteiger partial charge in [0.2, 0.25) is 0 Å². The average Bonchev–Trinajstić information content (AvgIpc) is 2.72. The number of rotatable bonds is 4. The molecule has 5 rings (SSSR count). The first-order valence-electron chi connectivity index (χ1n) is 8.42. The van der Waals surface area contributed by atoms with Crippen LogP contribution in [0.1, 0.15) is 51.5 Å². The summed E-state index contributed by atoms with van der Waals surface area (Å²) in [5.41, 5.74) is 1.74. The van der Waals surface area contributed by atoms with Gasteiger partial charge in [0.25, 0.3) is 0 Å². The van der Waals surface area contributed by atoms with Crippen LogP contribution in [0.5, 0.6) is 5.75 Å². The fourth-order valence-corrected chi connectivity index (χ4v) is 7.15. The number of hydrogen-bond donors (Lipinski definition) is 0. The molecule has 0 amide bonds. The molecule has 0 N–H and O–H groups in total. The Morgan fingerprint density at radius 3 is 2.70 bits per heavy atom. The zero-order valence-electron chi connectivity index (χ0n) is 14.0. The summed E-state index contributed by atoms with van der Waals surface area (Å²) in [7, 11) is 1.61. The molecule has 0 heterocycles. The zero-order chi connectivity index (χ0) is 16.5. The van der Waals surface area contributed by atoms with E-state index >= 15 is 0 Å². The van der Waals surface area contributed by atoms with Gasteiger partial charge < -0.3 is 9.47 Å². The summed E-state index contributed by atoms with van der Waals surface area (Å²) in [5, 5.41) is 0. The van der Waals surface area contributed by atoms with E-state index < -0.39 is 0 Å². The van der Waals surface area contributed by atoms with Gasteiger partial charge in [-0.2, -0.15) is 0 Å². The Balaban J connectivity index is 1.87. The van der Waals surface area contributed by atoms with Gasteiger partial charge >= 0.3 is 0 Å². The van der Waals surface area contributed by atoms with Gasteiger partial charge in [-0.25, -0.2) is 4.39 Å². The summed E-state index contributed by atoms with van der Waals surface area (Å²) in [5.74, 6) is 1.35. The summed E-state index contributed by atoms with van der Waals surface area (Å²) in [6, 6.07) is 3.21. The molecule has 1 aromatic carbocycles. The first-order chi connectivity index (χ1) is 10.8. The third-order valence-corrected chi connectivity index (χ3v) is 7.29. The second-order valence-corrected chi connectivity index (χ2v) is 9.45. The van der Waals surface area contributed by atoms with E-state index in [1.54, 1.807) is 13.2 Å². The Morgan fingerprint density at radius 2 is 2.00 bits per heavy atom. The van der Waals surface area contributed by atoms with Crippen LogP contribution in [0, 0.1) is 22.6 Å². The highest BCUT2D eigenvalue weighted by atomic mass is 79.9. The lowest BCUT2D eigenvalue weighted by atomic mass is 9.64. The first kappa shape index (κ1) is 15.9. The fraction of sp³-hybridized carbons (Fsp3) is 0.684. The van der Waals surface area contributed by atoms with E-state index in [9.17, 15) is 4.39 Å². The molecule has 4 bridgehead atoms. The molecule has 0 radical (unpaired) electrons. The zero-order valence-corrected chi connectivity index (χ0v) is 15.6. The third-order valence-electron chi connectivity index (χ3n) is 6.70. The van der Waals surface area contributed by atoms with Crippen molar-refractivity contribution in [2.24, 2.45) is 16.7 Å². The molecule has 4 aliphatic carbocycles. The minimum atomic E-state index is -0.189. The predicted molar refractivity (Wildman–Crippen MR) is 91.1 cm³/mol. The van der Waals surface area contributed by atoms with E-state index in [1.807, 2.05) is 0 Å². The average molecular weight is 383 g/mol. The Morgan fingerprint density at radius 1 is 1.22 bits per heavy atom. The van der Waals surface area contributed by atoms with Crippen LogP contribution >= 0.6 is 15.9 Å². The van der Waals surface area contributed by atoms with E-state index in [2.05, 4.69) is 29.8 Å². The van der Waals surface area contributed by atoms with Crippen LogP contribution in [0.4, 0.5) is 4.39 Å². The Hall–Kier alpha value is -0.610. The van der Waals surface area contributed by atoms with Crippen LogP contribution in [0.2, 0.25) is 0 Å². The van der Waals surface area contributed by atoms with Crippen LogP contribution in [-0.4, -0.2) is 13.9 Å². The van der Waals surface area contributed by atoms with Crippen molar-refractivity contribution in [3.05, 3.63) is 28.0 Å². The van der Waals surface area contributed by atoms with Gasteiger partial charge in [0.1, 0.15) is 11.6 Å². The highest BCUT2D eigenvalue weighted by molar-refractivity contribution is 9.10. The largest absolute Gasteiger partial charge is 0.466 e. The van der Waals surface area contributed by atoms with Crippen molar-refractivity contribution in [1.29, 1.82) is 0 Å². The standard InChI is InChI=1S/C19H24BrFO2/c1-17-6-12-7-18(2,9-17)19(8-12,10-17)14-4-13(21)5-15(20)16(14)23-11-22-3/h4-5,12H,6-11H2,1-3H3. The Kier molecular flexibility index (Phi) is 3.42. The van der Waals surface area contributed by atoms with Gasteiger partial charge in [-0.3, -0.25) is 0 Å². The number of methoxy groups -OCH3 is 1. The SMILES string of the molecule is COCOc1c(Br)cc(F)cc1C12CC3CC(C)(CC1(C)C3)C2. The molecule has 23 heavy (non-hydrogen) atoms. The van der Waals surface area contributed by atoms with Crippen LogP contribution in [-0.2, 0) is 10.2 Å². The Labute approximate surface area is 145 Å². The molecular formula is C19H24BrFO2. The van der Waals surface area contributed by atoms with Gasteiger partial charge in [0.05, 0.1) is 4.47 Å². The predicted octanol–water partition coefficient (Wildman–Crippen LogP) is 5.43. The first-order valence-corrected chi connectivity index (χ1v) is 9.22. The summed E-state index contributed by atoms with van der Waals surface area (Å²) in [4.78, 5) is 0. The lowest BCUT2D eigenvalue weighted by Crippen LogP contribution is -2.35. The molecule has 0 aliphatic heterocycles. The maximum atomic E-state index is 14.2. The molecule has 4 saturated carbocycles. The van der Waals surface area contributed by atoms with Crippen molar-refractivity contribution < 1.29 is 13.9 Å². The molecule has 0 aromatic heterocycles. The normalized spacial score (nSPS) is 40.8. The molecule has 126 valence electrons. The van der Waals surface area contributed by atoms with E-state index in [1.165, 1.54) is 31.7 Å². The topological polar surface area (TPSA) is 18.5 Å². The van der Waals surface area contributed by atoms with Gasteiger partial charge in [-0.05, 0) is 76.9 Å². The maximum Gasteiger partial charge on any atom is 0.188 e. The van der Waals surface area contributed by atoms with E-state index in [-0.39, 0.29) is 23.4 Å². The minimum Gasteiger partial charge on any atom is -0.466 e. The van der Waals surface area contributed by atoms with E-state index in [4.69, 9.17) is 9.47 Å². The van der Waals surface area contributed by atoms with Crippen molar-refractivity contribution in [1.82, 2.24) is 0 Å². The maximum absolute atomic E-state index is 14.2. The van der Waals surface area contributed by atoms with E-state index in [0.717, 1.165) is 23.7 Å². The summed E-state index contributed by atoms with van der Waals surface area (Å²) in [6.07, 6.45) is 6.15.